The van der Waals surface area contributed by atoms with Crippen LogP contribution in [0.2, 0.25) is 0 Å². The van der Waals surface area contributed by atoms with Crippen molar-refractivity contribution in [3.8, 4) is 0 Å². The molecule has 1 N–H and O–H groups in total. The van der Waals surface area contributed by atoms with Crippen LogP contribution in [0.5, 0.6) is 0 Å². The Bertz CT molecular complexity index is 813. The lowest BCUT2D eigenvalue weighted by Crippen LogP contribution is -2.32. The van der Waals surface area contributed by atoms with Gasteiger partial charge in [-0.1, -0.05) is 0 Å². The fourth-order valence-electron chi connectivity index (χ4n) is 2.73. The van der Waals surface area contributed by atoms with E-state index in [1.807, 2.05) is 24.3 Å². The fraction of sp³-hybridized carbons (Fsp3) is 0.421. The van der Waals surface area contributed by atoms with Crippen LogP contribution in [-0.4, -0.2) is 44.5 Å². The number of carbonyl (C=O) groups excluding carboxylic acids is 1. The predicted molar refractivity (Wildman–Crippen MR) is 107 cm³/mol. The molecule has 0 aliphatic heterocycles. The molecule has 148 valence electrons. The van der Waals surface area contributed by atoms with Gasteiger partial charge in [-0.15, -0.1) is 0 Å². The minimum atomic E-state index is -3.44. The van der Waals surface area contributed by atoms with Crippen molar-refractivity contribution in [2.45, 2.75) is 26.8 Å². The van der Waals surface area contributed by atoms with E-state index in [1.54, 1.807) is 12.1 Å². The maximum Gasteiger partial charge on any atom is 0.225 e. The quantitative estimate of drug-likeness (QED) is 0.671. The van der Waals surface area contributed by atoms with Gasteiger partial charge in [0.2, 0.25) is 15.9 Å². The van der Waals surface area contributed by atoms with Crippen molar-refractivity contribution in [3.05, 3.63) is 48.4 Å². The first-order valence-electron chi connectivity index (χ1n) is 8.95. The number of hydrogen-bond acceptors (Lipinski definition) is 5. The van der Waals surface area contributed by atoms with Gasteiger partial charge in [-0.05, 0) is 50.2 Å². The van der Waals surface area contributed by atoms with E-state index in [0.717, 1.165) is 25.0 Å². The van der Waals surface area contributed by atoms with Gasteiger partial charge in [-0.2, -0.15) is 4.31 Å². The van der Waals surface area contributed by atoms with Crippen molar-refractivity contribution >= 4 is 27.3 Å². The Hall–Kier alpha value is -2.32. The first-order valence-corrected chi connectivity index (χ1v) is 10.8. The maximum atomic E-state index is 12.2. The van der Waals surface area contributed by atoms with Crippen molar-refractivity contribution in [2.75, 3.05) is 36.1 Å². The second-order valence-corrected chi connectivity index (χ2v) is 8.18. The van der Waals surface area contributed by atoms with Gasteiger partial charge in [0.25, 0.3) is 0 Å². The number of furan rings is 1. The molecule has 0 atom stereocenters. The fourth-order valence-corrected chi connectivity index (χ4v) is 3.52. The first kappa shape index (κ1) is 21.0. The van der Waals surface area contributed by atoms with Crippen LogP contribution in [0.3, 0.4) is 0 Å². The first-order chi connectivity index (χ1) is 12.8. The number of sulfonamides is 1. The summed E-state index contributed by atoms with van der Waals surface area (Å²) < 4.78 is 30.3. The van der Waals surface area contributed by atoms with E-state index in [-0.39, 0.29) is 25.4 Å². The van der Waals surface area contributed by atoms with E-state index in [9.17, 15) is 13.2 Å². The zero-order valence-corrected chi connectivity index (χ0v) is 16.8. The van der Waals surface area contributed by atoms with E-state index in [1.165, 1.54) is 10.6 Å². The normalized spacial score (nSPS) is 11.6. The Labute approximate surface area is 161 Å². The Morgan fingerprint density at radius 2 is 1.78 bits per heavy atom. The standard InChI is InChI=1S/C19H27N3O4S/c1-4-21(5-2)17-10-8-16(9-11-17)20-19(23)12-13-22(27(3,24)25)15-18-7-6-14-26-18/h6-11,14H,4-5,12-13,15H2,1-3H3,(H,20,23). The van der Waals surface area contributed by atoms with E-state index in [4.69, 9.17) is 4.42 Å². The van der Waals surface area contributed by atoms with Gasteiger partial charge in [0.15, 0.2) is 0 Å². The molecule has 0 aliphatic carbocycles. The third-order valence-corrected chi connectivity index (χ3v) is 5.50. The molecule has 2 aromatic rings. The maximum absolute atomic E-state index is 12.2. The van der Waals surface area contributed by atoms with Crippen LogP contribution in [0.25, 0.3) is 0 Å². The van der Waals surface area contributed by atoms with Gasteiger partial charge in [0.05, 0.1) is 19.1 Å². The van der Waals surface area contributed by atoms with Crippen molar-refractivity contribution in [2.24, 2.45) is 0 Å². The molecule has 0 fully saturated rings. The Morgan fingerprint density at radius 1 is 1.11 bits per heavy atom. The smallest absolute Gasteiger partial charge is 0.225 e. The molecule has 7 nitrogen and oxygen atoms in total. The van der Waals surface area contributed by atoms with Crippen LogP contribution in [-0.2, 0) is 21.4 Å². The van der Waals surface area contributed by atoms with E-state index in [0.29, 0.717) is 11.4 Å². The number of benzene rings is 1. The van der Waals surface area contributed by atoms with Crippen LogP contribution >= 0.6 is 0 Å². The van der Waals surface area contributed by atoms with Crippen molar-refractivity contribution < 1.29 is 17.6 Å². The summed E-state index contributed by atoms with van der Waals surface area (Å²) in [6, 6.07) is 11.0. The molecule has 2 rings (SSSR count). The summed E-state index contributed by atoms with van der Waals surface area (Å²) in [5, 5.41) is 2.81. The summed E-state index contributed by atoms with van der Waals surface area (Å²) in [4.78, 5) is 14.4. The number of carbonyl (C=O) groups is 1. The predicted octanol–water partition coefficient (Wildman–Crippen LogP) is 2.92. The molecule has 1 heterocycles. The van der Waals surface area contributed by atoms with Crippen molar-refractivity contribution in [1.82, 2.24) is 4.31 Å². The topological polar surface area (TPSA) is 82.9 Å². The molecule has 0 bridgehead atoms. The summed E-state index contributed by atoms with van der Waals surface area (Å²) in [6.07, 6.45) is 2.68. The molecule has 27 heavy (non-hydrogen) atoms. The zero-order valence-electron chi connectivity index (χ0n) is 16.0. The average Bonchev–Trinajstić information content (AvgIpc) is 3.13. The molecule has 1 aromatic carbocycles. The van der Waals surface area contributed by atoms with Crippen LogP contribution < -0.4 is 10.2 Å². The summed E-state index contributed by atoms with van der Waals surface area (Å²) in [6.45, 7) is 6.21. The van der Waals surface area contributed by atoms with Gasteiger partial charge in [0.1, 0.15) is 5.76 Å². The van der Waals surface area contributed by atoms with E-state index in [2.05, 4.69) is 24.1 Å². The van der Waals surface area contributed by atoms with Gasteiger partial charge in [0, 0.05) is 37.4 Å². The summed E-state index contributed by atoms with van der Waals surface area (Å²) in [5.74, 6) is 0.298. The van der Waals surface area contributed by atoms with Crippen molar-refractivity contribution in [3.63, 3.8) is 0 Å². The molecular weight excluding hydrogens is 366 g/mol. The lowest BCUT2D eigenvalue weighted by molar-refractivity contribution is -0.116. The molecule has 8 heteroatoms. The average molecular weight is 394 g/mol. The number of amides is 1. The Morgan fingerprint density at radius 3 is 2.30 bits per heavy atom. The Balaban J connectivity index is 1.92. The second-order valence-electron chi connectivity index (χ2n) is 6.19. The molecule has 0 radical (unpaired) electrons. The minimum Gasteiger partial charge on any atom is -0.468 e. The van der Waals surface area contributed by atoms with Crippen LogP contribution in [0.15, 0.2) is 47.1 Å². The summed E-state index contributed by atoms with van der Waals surface area (Å²) in [7, 11) is -3.44. The highest BCUT2D eigenvalue weighted by atomic mass is 32.2. The highest BCUT2D eigenvalue weighted by Gasteiger charge is 2.19. The lowest BCUT2D eigenvalue weighted by atomic mass is 10.2. The highest BCUT2D eigenvalue weighted by molar-refractivity contribution is 7.88. The third-order valence-electron chi connectivity index (χ3n) is 4.25. The number of nitrogens with zero attached hydrogens (tertiary/aromatic N) is 2. The number of anilines is 2. The SMILES string of the molecule is CCN(CC)c1ccc(NC(=O)CCN(Cc2ccco2)S(C)(=O)=O)cc1. The second kappa shape index (κ2) is 9.57. The van der Waals surface area contributed by atoms with Gasteiger partial charge >= 0.3 is 0 Å². The number of rotatable bonds is 10. The van der Waals surface area contributed by atoms with Crippen LogP contribution in [0.4, 0.5) is 11.4 Å². The van der Waals surface area contributed by atoms with Crippen molar-refractivity contribution in [1.29, 1.82) is 0 Å². The van der Waals surface area contributed by atoms with Crippen LogP contribution in [0, 0.1) is 0 Å². The Kier molecular flexibility index (Phi) is 7.44. The summed E-state index contributed by atoms with van der Waals surface area (Å²) >= 11 is 0. The molecule has 0 saturated carbocycles. The molecule has 0 spiro atoms. The zero-order chi connectivity index (χ0) is 19.9. The monoisotopic (exact) mass is 393 g/mol. The van der Waals surface area contributed by atoms with Gasteiger partial charge in [-0.25, -0.2) is 8.42 Å². The number of hydrogen-bond donors (Lipinski definition) is 1. The molecular formula is C19H27N3O4S. The molecule has 1 aromatic heterocycles. The minimum absolute atomic E-state index is 0.0611. The molecule has 1 amide bonds. The highest BCUT2D eigenvalue weighted by Crippen LogP contribution is 2.18. The molecule has 0 aliphatic rings. The molecule has 0 saturated heterocycles. The lowest BCUT2D eigenvalue weighted by Gasteiger charge is -2.21. The number of nitrogens with one attached hydrogen (secondary N) is 1. The molecule has 0 unspecified atom stereocenters. The summed E-state index contributed by atoms with van der Waals surface area (Å²) in [5.41, 5.74) is 1.78. The van der Waals surface area contributed by atoms with Gasteiger partial charge < -0.3 is 14.6 Å². The van der Waals surface area contributed by atoms with Crippen LogP contribution in [0.1, 0.15) is 26.0 Å². The third kappa shape index (κ3) is 6.41. The van der Waals surface area contributed by atoms with E-state index < -0.39 is 10.0 Å². The van der Waals surface area contributed by atoms with Gasteiger partial charge in [-0.3, -0.25) is 4.79 Å². The van der Waals surface area contributed by atoms with E-state index >= 15 is 0 Å². The largest absolute Gasteiger partial charge is 0.468 e.